The molecule has 26 heteroatoms. The lowest BCUT2D eigenvalue weighted by Crippen LogP contribution is -2.64. The highest BCUT2D eigenvalue weighted by atomic mass is 32.2. The van der Waals surface area contributed by atoms with E-state index in [1.807, 2.05) is 55.4 Å². The largest absolute Gasteiger partial charge is 0.390 e. The van der Waals surface area contributed by atoms with Gasteiger partial charge in [-0.3, -0.25) is 52.7 Å². The lowest BCUT2D eigenvalue weighted by atomic mass is 9.91. The predicted octanol–water partition coefficient (Wildman–Crippen LogP) is 3.87. The summed E-state index contributed by atoms with van der Waals surface area (Å²) in [5.41, 5.74) is -1.59. The summed E-state index contributed by atoms with van der Waals surface area (Å²) in [6, 6.07) is -14.2. The van der Waals surface area contributed by atoms with E-state index in [4.69, 9.17) is 0 Å². The van der Waals surface area contributed by atoms with E-state index in [0.717, 1.165) is 9.80 Å². The molecule has 0 aromatic carbocycles. The molecule has 1 fully saturated rings. The molecular formula is C69H126N12O13S. The molecule has 1 heterocycles. The molecule has 13 atom stereocenters. The van der Waals surface area contributed by atoms with Gasteiger partial charge in [-0.15, -0.1) is 0 Å². The van der Waals surface area contributed by atoms with E-state index < -0.39 is 161 Å². The van der Waals surface area contributed by atoms with Crippen molar-refractivity contribution in [1.29, 1.82) is 0 Å². The van der Waals surface area contributed by atoms with Gasteiger partial charge in [-0.2, -0.15) is 11.8 Å². The maximum absolute atomic E-state index is 15.4. The first-order valence-corrected chi connectivity index (χ1v) is 35.4. The van der Waals surface area contributed by atoms with E-state index in [0.29, 0.717) is 18.7 Å². The topological polar surface area (TPSA) is 311 Å². The monoisotopic (exact) mass is 1360 g/mol. The lowest BCUT2D eigenvalue weighted by molar-refractivity contribution is -0.157. The first kappa shape index (κ1) is 87.2. The minimum atomic E-state index is -1.66. The number of nitrogens with one attached hydrogen (secondary N) is 5. The van der Waals surface area contributed by atoms with Gasteiger partial charge in [0, 0.05) is 79.8 Å². The lowest BCUT2D eigenvalue weighted by Gasteiger charge is -2.41. The van der Waals surface area contributed by atoms with Gasteiger partial charge in [-0.1, -0.05) is 109 Å². The summed E-state index contributed by atoms with van der Waals surface area (Å²) in [6.07, 6.45) is 2.84. The normalized spacial score (nSPS) is 26.3. The van der Waals surface area contributed by atoms with Crippen LogP contribution >= 0.6 is 11.8 Å². The van der Waals surface area contributed by atoms with Crippen molar-refractivity contribution in [2.24, 2.45) is 35.5 Å². The second kappa shape index (κ2) is 40.1. The number of aliphatic hydroxyl groups excluding tert-OH is 1. The van der Waals surface area contributed by atoms with Crippen LogP contribution in [0.2, 0.25) is 0 Å². The Morgan fingerprint density at radius 3 is 1.46 bits per heavy atom. The van der Waals surface area contributed by atoms with Gasteiger partial charge in [-0.25, -0.2) is 0 Å². The van der Waals surface area contributed by atoms with E-state index in [2.05, 4.69) is 26.6 Å². The minimum Gasteiger partial charge on any atom is -0.390 e. The molecule has 95 heavy (non-hydrogen) atoms. The van der Waals surface area contributed by atoms with Gasteiger partial charge in [-0.05, 0) is 109 Å². The molecule has 1 saturated heterocycles. The number of thioether (sulfide) groups is 1. The van der Waals surface area contributed by atoms with Crippen molar-refractivity contribution in [3.63, 3.8) is 0 Å². The van der Waals surface area contributed by atoms with Crippen LogP contribution in [0.5, 0.6) is 0 Å². The average Bonchev–Trinajstić information content (AvgIpc) is 0.820. The van der Waals surface area contributed by atoms with Crippen LogP contribution < -0.4 is 26.6 Å². The van der Waals surface area contributed by atoms with Crippen LogP contribution in [0.1, 0.15) is 176 Å². The number of aliphatic hydroxyl groups is 2. The third kappa shape index (κ3) is 26.2. The first-order valence-electron chi connectivity index (χ1n) is 34.2. The molecule has 25 nitrogen and oxygen atoms in total. The van der Waals surface area contributed by atoms with Crippen molar-refractivity contribution in [3.05, 3.63) is 12.2 Å². The molecule has 11 amide bonds. The number of allylic oxidation sites excluding steroid dienone is 2. The summed E-state index contributed by atoms with van der Waals surface area (Å²) in [5, 5.41) is 38.1. The van der Waals surface area contributed by atoms with Crippen LogP contribution in [0.15, 0.2) is 12.2 Å². The standard InChI is InChI=1S/C69H126N12O13S/c1-27-29-30-45(15)57(82)56-61(86)73-48(28-2)63(88)79(24)53(38-95-34-33-70-44(13)14)66(91)78(23)52(37-69(18,19)94)60(85)74-54(42(9)10)67(92)75(20)49(32-31-39(3)4)59(84)71-46(16)58(83)72-47(17)62(87)76(21)50(35-40(5)6)64(89)77(22)51(36-41(7)8)65(90)80(25)55(43(11)12)68(93)81(56)26/h27,29,39-57,70,82,94H,28,30-38H2,1-26H3,(H,71,84)(H,72,83)(H,73,86)(H,74,85)/b29-27+/t45-,46-,47+,48+,49-,50-,51+,52+,53-,54-,55+,56+,57-/m1/s1. The molecule has 1 aliphatic rings. The minimum absolute atomic E-state index is 0.00298. The fourth-order valence-corrected chi connectivity index (χ4v) is 12.7. The third-order valence-electron chi connectivity index (χ3n) is 17.8. The molecule has 7 N–H and O–H groups in total. The summed E-state index contributed by atoms with van der Waals surface area (Å²) in [5.74, 6) is -9.53. The quantitative estimate of drug-likeness (QED) is 0.0598. The van der Waals surface area contributed by atoms with Crippen molar-refractivity contribution in [3.8, 4) is 0 Å². The van der Waals surface area contributed by atoms with E-state index >= 15 is 28.8 Å². The van der Waals surface area contributed by atoms with Crippen molar-refractivity contribution < 1.29 is 63.0 Å². The summed E-state index contributed by atoms with van der Waals surface area (Å²) in [7, 11) is 9.88. The molecule has 0 aromatic heterocycles. The zero-order valence-corrected chi connectivity index (χ0v) is 63.4. The van der Waals surface area contributed by atoms with Crippen molar-refractivity contribution in [1.82, 2.24) is 60.9 Å². The Labute approximate surface area is 573 Å². The van der Waals surface area contributed by atoms with Gasteiger partial charge >= 0.3 is 0 Å². The molecule has 0 unspecified atom stereocenters. The Balaban J connectivity index is 4.58. The molecule has 546 valence electrons. The Morgan fingerprint density at radius 1 is 0.526 bits per heavy atom. The van der Waals surface area contributed by atoms with E-state index in [9.17, 15) is 34.2 Å². The second-order valence-corrected chi connectivity index (χ2v) is 30.4. The highest BCUT2D eigenvalue weighted by Crippen LogP contribution is 2.27. The number of hydrogen-bond donors (Lipinski definition) is 7. The van der Waals surface area contributed by atoms with Gasteiger partial charge in [0.25, 0.3) is 0 Å². The summed E-state index contributed by atoms with van der Waals surface area (Å²) >= 11 is 1.36. The van der Waals surface area contributed by atoms with Crippen LogP contribution in [0.3, 0.4) is 0 Å². The molecular weight excluding hydrogens is 1240 g/mol. The second-order valence-electron chi connectivity index (χ2n) is 29.2. The van der Waals surface area contributed by atoms with Crippen molar-refractivity contribution >= 4 is 76.7 Å². The zero-order chi connectivity index (χ0) is 73.6. The molecule has 0 aromatic rings. The van der Waals surface area contributed by atoms with Gasteiger partial charge in [0.15, 0.2) is 0 Å². The van der Waals surface area contributed by atoms with E-state index in [1.54, 1.807) is 60.6 Å². The van der Waals surface area contributed by atoms with E-state index in [1.165, 1.54) is 113 Å². The highest BCUT2D eigenvalue weighted by molar-refractivity contribution is 7.99. The van der Waals surface area contributed by atoms with Gasteiger partial charge < -0.3 is 71.1 Å². The molecule has 0 aliphatic carbocycles. The number of nitrogens with zero attached hydrogens (tertiary/aromatic N) is 7. The molecule has 1 aliphatic heterocycles. The van der Waals surface area contributed by atoms with Crippen molar-refractivity contribution in [2.45, 2.75) is 261 Å². The van der Waals surface area contributed by atoms with Gasteiger partial charge in [0.1, 0.15) is 66.5 Å². The molecule has 0 spiro atoms. The Morgan fingerprint density at radius 2 is 0.989 bits per heavy atom. The summed E-state index contributed by atoms with van der Waals surface area (Å²) in [6.45, 7) is 33.7. The molecule has 0 saturated carbocycles. The van der Waals surface area contributed by atoms with Gasteiger partial charge in [0.05, 0.1) is 11.7 Å². The number of hydrogen-bond acceptors (Lipinski definition) is 15. The van der Waals surface area contributed by atoms with Gasteiger partial charge in [0.2, 0.25) is 65.0 Å². The number of carbonyl (C=O) groups excluding carboxylic acids is 11. The Hall–Kier alpha value is -5.86. The number of amides is 11. The average molecular weight is 1360 g/mol. The van der Waals surface area contributed by atoms with E-state index in [-0.39, 0.29) is 68.1 Å². The van der Waals surface area contributed by atoms with Crippen molar-refractivity contribution in [2.75, 3.05) is 67.4 Å². The first-order chi connectivity index (χ1) is 43.8. The SMILES string of the molecule is C/C=C/C[C@@H](C)[C@@H](O)[C@H]1C(=O)N[C@@H](CC)C(=O)N(C)[C@H](CSCCNC(C)C)C(=O)N(C)[C@@H](CC(C)(C)O)C(=O)N[C@H](C(C)C)C(=O)N(C)[C@H](CCC(C)C)C(=O)N[C@H](C)C(=O)N[C@@H](C)C(=O)N(C)[C@H](CC(C)C)C(=O)N(C)[C@@H](CC(C)C)C(=O)N(C)[C@@H](C(C)C)C(=O)N1C. The molecule has 0 bridgehead atoms. The van der Waals surface area contributed by atoms with Crippen LogP contribution in [0.4, 0.5) is 0 Å². The number of carbonyl (C=O) groups is 11. The maximum atomic E-state index is 15.4. The Bertz CT molecular complexity index is 2580. The predicted molar refractivity (Wildman–Crippen MR) is 374 cm³/mol. The molecule has 1 rings (SSSR count). The highest BCUT2D eigenvalue weighted by Gasteiger charge is 2.47. The zero-order valence-electron chi connectivity index (χ0n) is 62.6. The number of likely N-dealkylation sites (N-methyl/N-ethyl adjacent to an activating group) is 7. The van der Waals surface area contributed by atoms with Crippen LogP contribution in [-0.2, 0) is 52.7 Å². The van der Waals surface area contributed by atoms with Crippen LogP contribution in [-0.4, -0.2) is 261 Å². The summed E-state index contributed by atoms with van der Waals surface area (Å²) in [4.78, 5) is 173. The fraction of sp³-hybridized carbons (Fsp3) is 0.812. The van der Waals surface area contributed by atoms with Crippen LogP contribution in [0, 0.1) is 35.5 Å². The van der Waals surface area contributed by atoms with Crippen LogP contribution in [0.25, 0.3) is 0 Å². The molecule has 0 radical (unpaired) electrons. The third-order valence-corrected chi connectivity index (χ3v) is 18.8. The Kier molecular flexibility index (Phi) is 36.8. The maximum Gasteiger partial charge on any atom is 0.246 e. The smallest absolute Gasteiger partial charge is 0.246 e. The fourth-order valence-electron chi connectivity index (χ4n) is 11.7. The summed E-state index contributed by atoms with van der Waals surface area (Å²) < 4.78 is 0. The number of rotatable bonds is 22.